The van der Waals surface area contributed by atoms with Gasteiger partial charge in [-0.1, -0.05) is 18.2 Å². The summed E-state index contributed by atoms with van der Waals surface area (Å²) in [6.45, 7) is 0.838. The number of nitrogens with one attached hydrogen (secondary N) is 1. The van der Waals surface area contributed by atoms with E-state index in [9.17, 15) is 22.4 Å². The Hall–Kier alpha value is -2.74. The van der Waals surface area contributed by atoms with Gasteiger partial charge in [-0.15, -0.1) is 0 Å². The second-order valence-electron chi connectivity index (χ2n) is 7.03. The lowest BCUT2D eigenvalue weighted by Gasteiger charge is -2.31. The summed E-state index contributed by atoms with van der Waals surface area (Å²) in [5, 5.41) is 2.87. The van der Waals surface area contributed by atoms with E-state index in [1.165, 1.54) is 12.1 Å². The van der Waals surface area contributed by atoms with Crippen molar-refractivity contribution in [1.29, 1.82) is 0 Å². The zero-order valence-corrected chi connectivity index (χ0v) is 16.7. The van der Waals surface area contributed by atoms with E-state index in [-0.39, 0.29) is 34.8 Å². The minimum Gasteiger partial charge on any atom is -0.343 e. The van der Waals surface area contributed by atoms with Crippen molar-refractivity contribution in [1.82, 2.24) is 4.90 Å². The summed E-state index contributed by atoms with van der Waals surface area (Å²) >= 11 is 0. The number of nitrogens with zero attached hydrogens (tertiary/aromatic N) is 1. The number of sulfone groups is 1. The molecule has 1 fully saturated rings. The van der Waals surface area contributed by atoms with Crippen molar-refractivity contribution in [3.05, 3.63) is 60.4 Å². The molecular formula is C21H23FN2O4S. The number of hydrogen-bond donors (Lipinski definition) is 1. The van der Waals surface area contributed by atoms with Gasteiger partial charge in [-0.2, -0.15) is 0 Å². The number of anilines is 1. The van der Waals surface area contributed by atoms with Crippen LogP contribution in [0.3, 0.4) is 0 Å². The van der Waals surface area contributed by atoms with Crippen LogP contribution in [0.15, 0.2) is 59.5 Å². The van der Waals surface area contributed by atoms with Gasteiger partial charge < -0.3 is 10.2 Å². The molecule has 0 radical (unpaired) electrons. The topological polar surface area (TPSA) is 83.6 Å². The van der Waals surface area contributed by atoms with Crippen molar-refractivity contribution in [2.45, 2.75) is 24.2 Å². The summed E-state index contributed by atoms with van der Waals surface area (Å²) in [6.07, 6.45) is 0.935. The van der Waals surface area contributed by atoms with Gasteiger partial charge in [-0.3, -0.25) is 9.59 Å². The molecule has 154 valence electrons. The highest BCUT2D eigenvalue weighted by molar-refractivity contribution is 7.91. The highest BCUT2D eigenvalue weighted by Crippen LogP contribution is 2.21. The van der Waals surface area contributed by atoms with Crippen LogP contribution in [0, 0.1) is 11.7 Å². The van der Waals surface area contributed by atoms with Crippen LogP contribution in [0.2, 0.25) is 0 Å². The Labute approximate surface area is 169 Å². The minimum atomic E-state index is -3.65. The third-order valence-electron chi connectivity index (χ3n) is 5.02. The van der Waals surface area contributed by atoms with Gasteiger partial charge in [-0.05, 0) is 49.2 Å². The van der Waals surface area contributed by atoms with E-state index in [1.54, 1.807) is 4.90 Å². The van der Waals surface area contributed by atoms with Crippen molar-refractivity contribution in [3.8, 4) is 0 Å². The zero-order valence-electron chi connectivity index (χ0n) is 15.9. The average Bonchev–Trinajstić information content (AvgIpc) is 2.73. The van der Waals surface area contributed by atoms with Crippen LogP contribution in [-0.2, 0) is 19.4 Å². The van der Waals surface area contributed by atoms with E-state index in [4.69, 9.17) is 0 Å². The van der Waals surface area contributed by atoms with Gasteiger partial charge in [0, 0.05) is 31.1 Å². The van der Waals surface area contributed by atoms with Crippen LogP contribution in [0.25, 0.3) is 0 Å². The summed E-state index contributed by atoms with van der Waals surface area (Å²) in [7, 11) is -3.65. The molecule has 2 aromatic rings. The Kier molecular flexibility index (Phi) is 6.64. The number of carbonyl (C=O) groups excluding carboxylic acids is 2. The molecule has 0 atom stereocenters. The third kappa shape index (κ3) is 5.63. The molecule has 1 saturated heterocycles. The van der Waals surface area contributed by atoms with Crippen LogP contribution in [0.4, 0.5) is 10.1 Å². The molecule has 29 heavy (non-hydrogen) atoms. The summed E-state index contributed by atoms with van der Waals surface area (Å²) < 4.78 is 37.6. The number of carbonyl (C=O) groups is 2. The Morgan fingerprint density at radius 1 is 1.00 bits per heavy atom. The van der Waals surface area contributed by atoms with E-state index in [0.29, 0.717) is 25.9 Å². The maximum absolute atomic E-state index is 13.0. The van der Waals surface area contributed by atoms with E-state index in [1.807, 2.05) is 30.3 Å². The first-order chi connectivity index (χ1) is 13.8. The molecule has 1 aliphatic rings. The number of piperidine rings is 1. The molecule has 0 aromatic heterocycles. The Bertz CT molecular complexity index is 954. The molecule has 0 bridgehead atoms. The number of likely N-dealkylation sites (tertiary alicyclic amines) is 1. The highest BCUT2D eigenvalue weighted by Gasteiger charge is 2.28. The van der Waals surface area contributed by atoms with Crippen molar-refractivity contribution in [2.24, 2.45) is 5.92 Å². The van der Waals surface area contributed by atoms with E-state index >= 15 is 0 Å². The lowest BCUT2D eigenvalue weighted by Crippen LogP contribution is -2.41. The predicted octanol–water partition coefficient (Wildman–Crippen LogP) is 2.87. The maximum Gasteiger partial charge on any atom is 0.227 e. The summed E-state index contributed by atoms with van der Waals surface area (Å²) in [5.41, 5.74) is 0.738. The monoisotopic (exact) mass is 418 g/mol. The van der Waals surface area contributed by atoms with Gasteiger partial charge in [0.2, 0.25) is 11.8 Å². The molecule has 8 heteroatoms. The predicted molar refractivity (Wildman–Crippen MR) is 107 cm³/mol. The molecular weight excluding hydrogens is 395 g/mol. The van der Waals surface area contributed by atoms with Gasteiger partial charge in [0.25, 0.3) is 0 Å². The van der Waals surface area contributed by atoms with Crippen LogP contribution in [-0.4, -0.2) is 44.0 Å². The van der Waals surface area contributed by atoms with Crippen LogP contribution >= 0.6 is 0 Å². The quantitative estimate of drug-likeness (QED) is 0.732. The Morgan fingerprint density at radius 3 is 2.24 bits per heavy atom. The summed E-state index contributed by atoms with van der Waals surface area (Å²) in [4.78, 5) is 26.4. The third-order valence-corrected chi connectivity index (χ3v) is 6.75. The van der Waals surface area contributed by atoms with Crippen LogP contribution in [0.5, 0.6) is 0 Å². The number of para-hydroxylation sites is 1. The largest absolute Gasteiger partial charge is 0.343 e. The van der Waals surface area contributed by atoms with Crippen LogP contribution < -0.4 is 5.32 Å². The first-order valence-corrected chi connectivity index (χ1v) is 11.1. The molecule has 2 aromatic carbocycles. The number of amides is 2. The Morgan fingerprint density at radius 2 is 1.62 bits per heavy atom. The fourth-order valence-electron chi connectivity index (χ4n) is 3.30. The normalized spacial score (nSPS) is 15.1. The molecule has 1 heterocycles. The Balaban J connectivity index is 1.47. The van der Waals surface area contributed by atoms with E-state index in [0.717, 1.165) is 17.8 Å². The first kappa shape index (κ1) is 21.0. The van der Waals surface area contributed by atoms with Crippen molar-refractivity contribution >= 4 is 27.3 Å². The van der Waals surface area contributed by atoms with Gasteiger partial charge >= 0.3 is 0 Å². The highest BCUT2D eigenvalue weighted by atomic mass is 32.2. The van der Waals surface area contributed by atoms with Crippen molar-refractivity contribution in [3.63, 3.8) is 0 Å². The van der Waals surface area contributed by atoms with Crippen LogP contribution in [0.1, 0.15) is 19.3 Å². The van der Waals surface area contributed by atoms with Gasteiger partial charge in [0.15, 0.2) is 9.84 Å². The van der Waals surface area contributed by atoms with E-state index < -0.39 is 15.7 Å². The van der Waals surface area contributed by atoms with Gasteiger partial charge in [0.1, 0.15) is 5.82 Å². The molecule has 0 saturated carbocycles. The molecule has 1 aliphatic heterocycles. The van der Waals surface area contributed by atoms with Crippen molar-refractivity contribution in [2.75, 3.05) is 24.2 Å². The van der Waals surface area contributed by atoms with Gasteiger partial charge in [-0.25, -0.2) is 12.8 Å². The fraction of sp³-hybridized carbons (Fsp3) is 0.333. The second kappa shape index (κ2) is 9.17. The fourth-order valence-corrected chi connectivity index (χ4v) is 4.53. The summed E-state index contributed by atoms with van der Waals surface area (Å²) in [6, 6.07) is 13.8. The standard InChI is InChI=1S/C21H23FN2O4S/c22-17-6-8-19(9-7-17)29(27,28)15-12-20(25)24-13-10-16(11-14-24)21(26)23-18-4-2-1-3-5-18/h1-9,16H,10-15H2,(H,23,26). The number of halogens is 1. The zero-order chi connectivity index (χ0) is 20.9. The molecule has 0 spiro atoms. The first-order valence-electron chi connectivity index (χ1n) is 9.47. The maximum atomic E-state index is 13.0. The van der Waals surface area contributed by atoms with Crippen molar-refractivity contribution < 1.29 is 22.4 Å². The smallest absolute Gasteiger partial charge is 0.227 e. The molecule has 2 amide bonds. The van der Waals surface area contributed by atoms with E-state index in [2.05, 4.69) is 5.32 Å². The lowest BCUT2D eigenvalue weighted by molar-refractivity contribution is -0.134. The SMILES string of the molecule is O=C(Nc1ccccc1)C1CCN(C(=O)CCS(=O)(=O)c2ccc(F)cc2)CC1. The second-order valence-corrected chi connectivity index (χ2v) is 9.14. The lowest BCUT2D eigenvalue weighted by atomic mass is 9.95. The minimum absolute atomic E-state index is 0.00277. The number of rotatable bonds is 6. The molecule has 3 rings (SSSR count). The molecule has 0 aliphatic carbocycles. The number of hydrogen-bond acceptors (Lipinski definition) is 4. The molecule has 1 N–H and O–H groups in total. The summed E-state index contributed by atoms with van der Waals surface area (Å²) in [5.74, 6) is -1.34. The number of benzene rings is 2. The van der Waals surface area contributed by atoms with Gasteiger partial charge in [0.05, 0.1) is 10.6 Å². The average molecular weight is 418 g/mol. The molecule has 6 nitrogen and oxygen atoms in total. The molecule has 0 unspecified atom stereocenters.